The fourth-order valence-corrected chi connectivity index (χ4v) is 4.06. The first kappa shape index (κ1) is 25.9. The molecule has 2 aromatic carbocycles. The molecule has 4 rings (SSSR count). The summed E-state index contributed by atoms with van der Waals surface area (Å²) < 4.78 is 10.3. The average Bonchev–Trinajstić information content (AvgIpc) is 3.24. The molecule has 0 aliphatic rings. The number of esters is 1. The Hall–Kier alpha value is -4.14. The minimum Gasteiger partial charge on any atom is -0.465 e. The molecule has 2 heterocycles. The normalized spacial score (nSPS) is 11.5. The Bertz CT molecular complexity index is 1390. The molecule has 9 nitrogen and oxygen atoms in total. The van der Waals surface area contributed by atoms with Crippen molar-refractivity contribution in [3.63, 3.8) is 0 Å². The predicted octanol–water partition coefficient (Wildman–Crippen LogP) is 5.16. The highest BCUT2D eigenvalue weighted by Gasteiger charge is 2.20. The van der Waals surface area contributed by atoms with Gasteiger partial charge in [-0.15, -0.1) is 0 Å². The molecule has 0 saturated carbocycles. The second-order valence-corrected chi connectivity index (χ2v) is 9.97. The maximum Gasteiger partial charge on any atom is 0.410 e. The molecule has 0 saturated heterocycles. The summed E-state index contributed by atoms with van der Waals surface area (Å²) in [4.78, 5) is 40.8. The number of carbonyl (C=O) groups excluding carboxylic acids is 2. The summed E-state index contributed by atoms with van der Waals surface area (Å²) in [5.74, 6) is 0.189. The molecule has 37 heavy (non-hydrogen) atoms. The van der Waals surface area contributed by atoms with Crippen molar-refractivity contribution in [1.82, 2.24) is 19.9 Å². The highest BCUT2D eigenvalue weighted by atomic mass is 16.6. The SMILES string of the molecule is COC(=O)c1ccc2c(c1)[nH]c1nc(N(CCCN(C)C(=O)OC(C)(C)C)Cc3ccccc3)ncc12. The standard InChI is InChI=1S/C28H33N5O4/c1-28(2,3)37-27(35)32(4)14-9-15-33(18-19-10-7-6-8-11-19)26-29-17-22-21-13-12-20(25(34)36-5)16-23(21)30-24(22)31-26/h6-8,10-13,16-17H,9,14-15,18H2,1-5H3,(H,29,30,31). The first-order valence-electron chi connectivity index (χ1n) is 12.2. The lowest BCUT2D eigenvalue weighted by Gasteiger charge is -2.26. The zero-order chi connectivity index (χ0) is 26.6. The van der Waals surface area contributed by atoms with Gasteiger partial charge in [0, 0.05) is 49.2 Å². The Morgan fingerprint density at radius 3 is 2.49 bits per heavy atom. The zero-order valence-corrected chi connectivity index (χ0v) is 21.9. The van der Waals surface area contributed by atoms with E-state index < -0.39 is 11.6 Å². The number of hydrogen-bond donors (Lipinski definition) is 1. The number of anilines is 1. The van der Waals surface area contributed by atoms with E-state index in [1.807, 2.05) is 45.0 Å². The number of ether oxygens (including phenoxy) is 2. The molecule has 0 aliphatic carbocycles. The number of aromatic nitrogens is 3. The molecule has 0 bridgehead atoms. The lowest BCUT2D eigenvalue weighted by molar-refractivity contribution is 0.0297. The predicted molar refractivity (Wildman–Crippen MR) is 144 cm³/mol. The topological polar surface area (TPSA) is 101 Å². The Morgan fingerprint density at radius 2 is 1.78 bits per heavy atom. The van der Waals surface area contributed by atoms with Crippen LogP contribution < -0.4 is 4.90 Å². The van der Waals surface area contributed by atoms with Crippen LogP contribution in [0.1, 0.15) is 43.1 Å². The van der Waals surface area contributed by atoms with E-state index in [0.717, 1.165) is 21.9 Å². The molecule has 1 N–H and O–H groups in total. The van der Waals surface area contributed by atoms with Gasteiger partial charge < -0.3 is 24.3 Å². The Balaban J connectivity index is 1.57. The van der Waals surface area contributed by atoms with E-state index in [-0.39, 0.29) is 6.09 Å². The molecule has 0 unspecified atom stereocenters. The summed E-state index contributed by atoms with van der Waals surface area (Å²) in [6.45, 7) is 7.36. The number of carbonyl (C=O) groups is 2. The zero-order valence-electron chi connectivity index (χ0n) is 21.9. The van der Waals surface area contributed by atoms with Crippen molar-refractivity contribution in [3.8, 4) is 0 Å². The molecule has 0 aliphatic heterocycles. The van der Waals surface area contributed by atoms with Gasteiger partial charge in [0.15, 0.2) is 0 Å². The number of fused-ring (bicyclic) bond motifs is 3. The van der Waals surface area contributed by atoms with Crippen molar-refractivity contribution in [2.75, 3.05) is 32.1 Å². The lowest BCUT2D eigenvalue weighted by Crippen LogP contribution is -2.36. The van der Waals surface area contributed by atoms with Crippen LogP contribution in [0.15, 0.2) is 54.7 Å². The third kappa shape index (κ3) is 6.35. The number of hydrogen-bond acceptors (Lipinski definition) is 7. The van der Waals surface area contributed by atoms with Crippen LogP contribution in [0, 0.1) is 0 Å². The van der Waals surface area contributed by atoms with Crippen LogP contribution in [0.3, 0.4) is 0 Å². The molecule has 194 valence electrons. The summed E-state index contributed by atoms with van der Waals surface area (Å²) in [5, 5.41) is 1.81. The highest BCUT2D eigenvalue weighted by molar-refractivity contribution is 6.07. The Kier molecular flexibility index (Phi) is 7.61. The highest BCUT2D eigenvalue weighted by Crippen LogP contribution is 2.26. The second-order valence-electron chi connectivity index (χ2n) is 9.97. The van der Waals surface area contributed by atoms with Gasteiger partial charge in [-0.3, -0.25) is 0 Å². The smallest absolute Gasteiger partial charge is 0.410 e. The number of aromatic amines is 1. The number of rotatable bonds is 8. The fourth-order valence-electron chi connectivity index (χ4n) is 4.06. The minimum atomic E-state index is -0.537. The maximum atomic E-state index is 12.3. The Morgan fingerprint density at radius 1 is 1.03 bits per heavy atom. The minimum absolute atomic E-state index is 0.343. The first-order valence-corrected chi connectivity index (χ1v) is 12.2. The van der Waals surface area contributed by atoms with Crippen molar-refractivity contribution in [2.24, 2.45) is 0 Å². The molecule has 4 aromatic rings. The third-order valence-electron chi connectivity index (χ3n) is 5.89. The van der Waals surface area contributed by atoms with E-state index in [4.69, 9.17) is 14.5 Å². The molecular formula is C28H33N5O4. The average molecular weight is 504 g/mol. The van der Waals surface area contributed by atoms with Gasteiger partial charge in [-0.05, 0) is 44.9 Å². The molecule has 1 amide bonds. The maximum absolute atomic E-state index is 12.3. The van der Waals surface area contributed by atoms with E-state index in [0.29, 0.717) is 43.2 Å². The van der Waals surface area contributed by atoms with E-state index in [1.165, 1.54) is 7.11 Å². The van der Waals surface area contributed by atoms with Gasteiger partial charge in [-0.1, -0.05) is 36.4 Å². The molecule has 2 aromatic heterocycles. The largest absolute Gasteiger partial charge is 0.465 e. The molecular weight excluding hydrogens is 470 g/mol. The molecule has 0 radical (unpaired) electrons. The summed E-state index contributed by atoms with van der Waals surface area (Å²) in [5.41, 5.74) is 2.54. The monoisotopic (exact) mass is 503 g/mol. The van der Waals surface area contributed by atoms with E-state index in [1.54, 1.807) is 30.3 Å². The van der Waals surface area contributed by atoms with Crippen LogP contribution in [0.5, 0.6) is 0 Å². The van der Waals surface area contributed by atoms with Gasteiger partial charge in [-0.25, -0.2) is 14.6 Å². The third-order valence-corrected chi connectivity index (χ3v) is 5.89. The van der Waals surface area contributed by atoms with E-state index in [2.05, 4.69) is 27.0 Å². The summed E-state index contributed by atoms with van der Waals surface area (Å²) in [7, 11) is 3.10. The number of nitrogens with one attached hydrogen (secondary N) is 1. The molecule has 0 spiro atoms. The summed E-state index contributed by atoms with van der Waals surface area (Å²) in [6.07, 6.45) is 2.17. The Labute approximate surface area is 216 Å². The van der Waals surface area contributed by atoms with E-state index >= 15 is 0 Å². The van der Waals surface area contributed by atoms with E-state index in [9.17, 15) is 9.59 Å². The van der Waals surface area contributed by atoms with Crippen LogP contribution in [0.2, 0.25) is 0 Å². The van der Waals surface area contributed by atoms with Gasteiger partial charge in [0.1, 0.15) is 11.2 Å². The lowest BCUT2D eigenvalue weighted by atomic mass is 10.1. The van der Waals surface area contributed by atoms with Crippen molar-refractivity contribution >= 4 is 39.9 Å². The number of H-pyrrole nitrogens is 1. The number of nitrogens with zero attached hydrogens (tertiary/aromatic N) is 4. The number of methoxy groups -OCH3 is 1. The van der Waals surface area contributed by atoms with Crippen LogP contribution in [0.4, 0.5) is 10.7 Å². The number of amides is 1. The quantitative estimate of drug-likeness (QED) is 0.331. The molecule has 0 atom stereocenters. The van der Waals surface area contributed by atoms with Crippen molar-refractivity contribution in [1.29, 1.82) is 0 Å². The van der Waals surface area contributed by atoms with Crippen LogP contribution in [0.25, 0.3) is 21.9 Å². The second kappa shape index (κ2) is 10.9. The molecule has 9 heteroatoms. The van der Waals surface area contributed by atoms with Gasteiger partial charge in [0.25, 0.3) is 0 Å². The summed E-state index contributed by atoms with van der Waals surface area (Å²) in [6, 6.07) is 15.5. The van der Waals surface area contributed by atoms with Crippen LogP contribution in [-0.4, -0.2) is 64.8 Å². The van der Waals surface area contributed by atoms with Gasteiger partial charge in [0.05, 0.1) is 12.7 Å². The summed E-state index contributed by atoms with van der Waals surface area (Å²) >= 11 is 0. The van der Waals surface area contributed by atoms with Gasteiger partial charge >= 0.3 is 12.1 Å². The van der Waals surface area contributed by atoms with Crippen LogP contribution in [-0.2, 0) is 16.0 Å². The number of benzene rings is 2. The van der Waals surface area contributed by atoms with Crippen molar-refractivity contribution in [2.45, 2.75) is 39.3 Å². The fraction of sp³-hybridized carbons (Fsp3) is 0.357. The van der Waals surface area contributed by atoms with Gasteiger partial charge in [-0.2, -0.15) is 4.98 Å². The van der Waals surface area contributed by atoms with Crippen molar-refractivity contribution < 1.29 is 19.1 Å². The van der Waals surface area contributed by atoms with Crippen molar-refractivity contribution in [3.05, 3.63) is 65.9 Å². The molecule has 0 fully saturated rings. The van der Waals surface area contributed by atoms with Gasteiger partial charge in [0.2, 0.25) is 5.95 Å². The first-order chi connectivity index (χ1) is 17.6. The van der Waals surface area contributed by atoms with Crippen LogP contribution >= 0.6 is 0 Å².